The summed E-state index contributed by atoms with van der Waals surface area (Å²) < 4.78 is 73.6. The van der Waals surface area contributed by atoms with Crippen LogP contribution >= 0.6 is 0 Å². The molecule has 1 atom stereocenters. The quantitative estimate of drug-likeness (QED) is 0.245. The number of piperidine rings is 5. The van der Waals surface area contributed by atoms with Gasteiger partial charge in [0.15, 0.2) is 0 Å². The maximum Gasteiger partial charge on any atom is 0.419 e. The van der Waals surface area contributed by atoms with E-state index in [0.29, 0.717) is 51.6 Å². The number of hydrogen-bond donors (Lipinski definition) is 3. The van der Waals surface area contributed by atoms with Crippen molar-refractivity contribution < 1.29 is 41.1 Å². The van der Waals surface area contributed by atoms with Gasteiger partial charge in [0.2, 0.25) is 23.7 Å². The molecule has 0 bridgehead atoms. The SMILES string of the molecule is CC(C)(O)Cn1cc(-c2nc(NC3CCN(S(=O)(=O)N4CCC(C(=O)N5CCC6(CC5)CCN(c5ccc(C7CCC(=O)NC7=O)cc5)CC6)CC4)CC3)ncc2C(F)(F)F)cn1. The number of anilines is 2. The lowest BCUT2D eigenvalue weighted by atomic mass is 9.71. The standard InChI is InChI=1S/C43H57F3N10O6S/c1-41(2,60)28-54-27-31(25-48-54)37-35(43(44,45)46)26-47-40(51-37)49-32-11-19-56(20-12-32)63(61,62)55-17-9-30(10-18-55)39(59)53-23-15-42(16-24-53)13-21-52(22-14-42)33-5-3-29(4-6-33)34-7-8-36(57)50-38(34)58/h3-6,25-27,30,32,34,60H,7-24,28H2,1-2H3,(H,47,49,51)(H,50,57,58). The van der Waals surface area contributed by atoms with Gasteiger partial charge >= 0.3 is 6.18 Å². The number of hydrogen-bond acceptors (Lipinski definition) is 11. The first-order valence-corrected chi connectivity index (χ1v) is 23.4. The third kappa shape index (κ3) is 10.2. The fraction of sp³-hybridized carbons (Fsp3) is 0.628. The van der Waals surface area contributed by atoms with E-state index in [-0.39, 0.29) is 90.9 Å². The average Bonchev–Trinajstić information content (AvgIpc) is 3.71. The zero-order chi connectivity index (χ0) is 44.7. The molecule has 342 valence electrons. The summed E-state index contributed by atoms with van der Waals surface area (Å²) in [6, 6.07) is 7.85. The number of aliphatic hydroxyl groups is 1. The first-order valence-electron chi connectivity index (χ1n) is 22.0. The van der Waals surface area contributed by atoms with E-state index in [1.54, 1.807) is 13.8 Å². The summed E-state index contributed by atoms with van der Waals surface area (Å²) in [6.45, 7) is 7.38. The first-order chi connectivity index (χ1) is 29.9. The van der Waals surface area contributed by atoms with Gasteiger partial charge in [0, 0.05) is 94.4 Å². The zero-order valence-corrected chi connectivity index (χ0v) is 36.6. The predicted molar refractivity (Wildman–Crippen MR) is 227 cm³/mol. The lowest BCUT2D eigenvalue weighted by Crippen LogP contribution is -2.53. The molecule has 3 amide bonds. The number of halogens is 3. The summed E-state index contributed by atoms with van der Waals surface area (Å²) >= 11 is 0. The average molecular weight is 899 g/mol. The van der Waals surface area contributed by atoms with E-state index in [1.165, 1.54) is 25.7 Å². The minimum Gasteiger partial charge on any atom is -0.389 e. The van der Waals surface area contributed by atoms with Gasteiger partial charge in [-0.15, -0.1) is 0 Å². The molecule has 8 rings (SSSR count). The maximum atomic E-state index is 14.0. The van der Waals surface area contributed by atoms with Crippen molar-refractivity contribution in [3.05, 3.63) is 54.0 Å². The molecule has 1 spiro atoms. The Hall–Kier alpha value is -4.66. The highest BCUT2D eigenvalue weighted by Gasteiger charge is 2.42. The Labute approximate surface area is 365 Å². The minimum atomic E-state index is -4.72. The fourth-order valence-corrected chi connectivity index (χ4v) is 11.6. The van der Waals surface area contributed by atoms with Gasteiger partial charge in [-0.25, -0.2) is 9.97 Å². The van der Waals surface area contributed by atoms with Gasteiger partial charge in [0.25, 0.3) is 10.2 Å². The number of nitrogens with zero attached hydrogens (tertiary/aromatic N) is 8. The number of amides is 3. The number of nitrogens with one attached hydrogen (secondary N) is 2. The van der Waals surface area contributed by atoms with Gasteiger partial charge in [-0.05, 0) is 94.7 Å². The van der Waals surface area contributed by atoms with Crippen LogP contribution in [0.2, 0.25) is 0 Å². The van der Waals surface area contributed by atoms with E-state index in [1.807, 2.05) is 17.0 Å². The van der Waals surface area contributed by atoms with Crippen LogP contribution in [0.1, 0.15) is 95.1 Å². The Morgan fingerprint density at radius 2 is 1.51 bits per heavy atom. The van der Waals surface area contributed by atoms with Crippen LogP contribution < -0.4 is 15.5 Å². The Bertz CT molecular complexity index is 2250. The van der Waals surface area contributed by atoms with Crippen LogP contribution in [-0.2, 0) is 37.3 Å². The number of carbonyl (C=O) groups excluding carboxylic acids is 3. The van der Waals surface area contributed by atoms with Crippen LogP contribution in [0.3, 0.4) is 0 Å². The van der Waals surface area contributed by atoms with Gasteiger partial charge in [-0.1, -0.05) is 12.1 Å². The summed E-state index contributed by atoms with van der Waals surface area (Å²) in [5, 5.41) is 19.8. The van der Waals surface area contributed by atoms with Crippen LogP contribution in [-0.4, -0.2) is 129 Å². The van der Waals surface area contributed by atoms with Crippen LogP contribution in [0.4, 0.5) is 24.8 Å². The Balaban J connectivity index is 0.777. The first kappa shape index (κ1) is 44.9. The minimum absolute atomic E-state index is 0.0109. The number of benzene rings is 1. The molecule has 0 aliphatic carbocycles. The van der Waals surface area contributed by atoms with Crippen LogP contribution in [0, 0.1) is 11.3 Å². The number of alkyl halides is 3. The molecule has 0 saturated carbocycles. The lowest BCUT2D eigenvalue weighted by Gasteiger charge is -2.48. The van der Waals surface area contributed by atoms with Crippen molar-refractivity contribution in [2.24, 2.45) is 11.3 Å². The molecule has 3 aromatic rings. The number of likely N-dealkylation sites (tertiary alicyclic amines) is 1. The molecule has 5 saturated heterocycles. The van der Waals surface area contributed by atoms with Gasteiger partial charge < -0.3 is 20.2 Å². The molecule has 16 nitrogen and oxygen atoms in total. The van der Waals surface area contributed by atoms with Crippen LogP contribution in [0.15, 0.2) is 42.9 Å². The third-order valence-electron chi connectivity index (χ3n) is 13.7. The van der Waals surface area contributed by atoms with Gasteiger partial charge in [0.1, 0.15) is 5.56 Å². The van der Waals surface area contributed by atoms with Crippen LogP contribution in [0.5, 0.6) is 0 Å². The Morgan fingerprint density at radius 3 is 2.11 bits per heavy atom. The molecule has 20 heteroatoms. The predicted octanol–water partition coefficient (Wildman–Crippen LogP) is 4.39. The molecule has 3 N–H and O–H groups in total. The fourth-order valence-electron chi connectivity index (χ4n) is 9.89. The molecule has 63 heavy (non-hydrogen) atoms. The van der Waals surface area contributed by atoms with Crippen molar-refractivity contribution in [2.75, 3.05) is 62.6 Å². The van der Waals surface area contributed by atoms with Crippen molar-refractivity contribution in [2.45, 2.75) is 108 Å². The van der Waals surface area contributed by atoms with Crippen molar-refractivity contribution >= 4 is 39.6 Å². The summed E-state index contributed by atoms with van der Waals surface area (Å²) in [7, 11) is -3.79. The van der Waals surface area contributed by atoms with Gasteiger partial charge in [0.05, 0.1) is 30.0 Å². The largest absolute Gasteiger partial charge is 0.419 e. The molecule has 1 unspecified atom stereocenters. The number of rotatable bonds is 10. The number of imide groups is 1. The third-order valence-corrected chi connectivity index (χ3v) is 15.7. The second-order valence-corrected chi connectivity index (χ2v) is 20.5. The molecule has 2 aromatic heterocycles. The molecular formula is C43H57F3N10O6S. The van der Waals surface area contributed by atoms with E-state index >= 15 is 0 Å². The van der Waals surface area contributed by atoms with E-state index in [9.17, 15) is 41.1 Å². The topological polar surface area (TPSA) is 186 Å². The number of aromatic nitrogens is 4. The Morgan fingerprint density at radius 1 is 0.889 bits per heavy atom. The highest BCUT2D eigenvalue weighted by molar-refractivity contribution is 7.86. The summed E-state index contributed by atoms with van der Waals surface area (Å²) in [6.07, 6.45) is 5.22. The molecule has 5 fully saturated rings. The van der Waals surface area contributed by atoms with E-state index in [4.69, 9.17) is 0 Å². The van der Waals surface area contributed by atoms with Gasteiger partial charge in [-0.2, -0.15) is 35.3 Å². The highest BCUT2D eigenvalue weighted by Crippen LogP contribution is 2.43. The second-order valence-electron chi connectivity index (χ2n) is 18.6. The Kier molecular flexibility index (Phi) is 12.6. The summed E-state index contributed by atoms with van der Waals surface area (Å²) in [4.78, 5) is 50.1. The second kappa shape index (κ2) is 17.7. The molecule has 0 radical (unpaired) electrons. The van der Waals surface area contributed by atoms with Gasteiger partial charge in [-0.3, -0.25) is 24.4 Å². The van der Waals surface area contributed by atoms with Crippen molar-refractivity contribution in [1.82, 2.24) is 38.6 Å². The number of carbonyl (C=O) groups is 3. The van der Waals surface area contributed by atoms with E-state index in [2.05, 4.69) is 42.7 Å². The molecule has 5 aliphatic heterocycles. The lowest BCUT2D eigenvalue weighted by molar-refractivity contribution is -0.139. The summed E-state index contributed by atoms with van der Waals surface area (Å²) in [5.74, 6) is -0.876. The molecular weight excluding hydrogens is 842 g/mol. The van der Waals surface area contributed by atoms with Crippen molar-refractivity contribution in [3.63, 3.8) is 0 Å². The maximum absolute atomic E-state index is 14.0. The van der Waals surface area contributed by atoms with E-state index < -0.39 is 27.6 Å². The monoisotopic (exact) mass is 898 g/mol. The van der Waals surface area contributed by atoms with E-state index in [0.717, 1.165) is 56.2 Å². The molecule has 7 heterocycles. The summed E-state index contributed by atoms with van der Waals surface area (Å²) in [5.41, 5.74) is -0.140. The molecule has 1 aromatic carbocycles. The smallest absolute Gasteiger partial charge is 0.389 e. The zero-order valence-electron chi connectivity index (χ0n) is 35.8. The van der Waals surface area contributed by atoms with Crippen LogP contribution in [0.25, 0.3) is 11.3 Å². The highest BCUT2D eigenvalue weighted by atomic mass is 32.2. The molecule has 5 aliphatic rings. The van der Waals surface area contributed by atoms with Crippen molar-refractivity contribution in [1.29, 1.82) is 0 Å². The van der Waals surface area contributed by atoms with Crippen molar-refractivity contribution in [3.8, 4) is 11.3 Å². The normalized spacial score (nSPS) is 22.7.